The molecule has 1 saturated heterocycles. The number of methoxy groups -OCH3 is 1. The number of nitrogens with one attached hydrogen (secondary N) is 1. The highest BCUT2D eigenvalue weighted by Crippen LogP contribution is 2.25. The minimum absolute atomic E-state index is 0.0330. The summed E-state index contributed by atoms with van der Waals surface area (Å²) < 4.78 is 16.7. The highest BCUT2D eigenvalue weighted by atomic mass is 32.2. The van der Waals surface area contributed by atoms with Gasteiger partial charge in [0.2, 0.25) is 5.91 Å². The van der Waals surface area contributed by atoms with Crippen molar-refractivity contribution in [3.63, 3.8) is 0 Å². The van der Waals surface area contributed by atoms with E-state index in [2.05, 4.69) is 5.32 Å². The van der Waals surface area contributed by atoms with E-state index in [0.29, 0.717) is 57.9 Å². The summed E-state index contributed by atoms with van der Waals surface area (Å²) in [5.41, 5.74) is 0. The van der Waals surface area contributed by atoms with Crippen LogP contribution in [0.2, 0.25) is 0 Å². The molecule has 0 radical (unpaired) electrons. The van der Waals surface area contributed by atoms with E-state index in [1.54, 1.807) is 28.6 Å². The molecule has 0 aromatic heterocycles. The van der Waals surface area contributed by atoms with Crippen molar-refractivity contribution in [2.45, 2.75) is 50.5 Å². The Kier molecular flexibility index (Phi) is 28.0. The maximum atomic E-state index is 12.4. The number of hydrogen-bond acceptors (Lipinski definition) is 16. The molecule has 18 nitrogen and oxygen atoms in total. The van der Waals surface area contributed by atoms with E-state index in [1.807, 2.05) is 18.9 Å². The Morgan fingerprint density at radius 2 is 1.43 bits per heavy atom. The van der Waals surface area contributed by atoms with Crippen molar-refractivity contribution < 1.29 is 68.2 Å². The average molecular weight is 685 g/mol. The Labute approximate surface area is 272 Å². The first-order chi connectivity index (χ1) is 21.8. The quantitative estimate of drug-likeness (QED) is 0.0727. The molecule has 46 heavy (non-hydrogen) atoms. The van der Waals surface area contributed by atoms with Crippen molar-refractivity contribution in [3.05, 3.63) is 0 Å². The zero-order valence-corrected chi connectivity index (χ0v) is 27.5. The standard InChI is InChI=1S/C25H48N4O10S.2CO2/c1-5-18-22(35)23(36)24(25(37-4)39-18)38-12-6-13-40-14-7-26-19(30)15-29(17-21(33)34)11-10-27(2)8-9-28(3)16-20(31)32;2*2-1-3/h18,22-25,35-36H,5-17H2,1-4H3,(H,26,30)(H,31,32)(H,33,34);;/t18?,22-,23+,24+,25?;;/m1../s1. The Hall–Kier alpha value is -2.80. The SMILES string of the molecule is CCC1OC(OC)[C@@H](OCCCSCCNC(=O)CN(CCN(C)CCN(C)CC(=O)O)CC(=O)O)[C@@H](O)[C@@H]1O.O=C=O.O=C=O. The molecular weight excluding hydrogens is 636 g/mol. The molecule has 1 aliphatic rings. The fourth-order valence-electron chi connectivity index (χ4n) is 4.09. The van der Waals surface area contributed by atoms with Crippen molar-refractivity contribution in [1.29, 1.82) is 0 Å². The first-order valence-electron chi connectivity index (χ1n) is 14.3. The molecule has 1 amide bonds. The predicted molar refractivity (Wildman–Crippen MR) is 159 cm³/mol. The van der Waals surface area contributed by atoms with Gasteiger partial charge < -0.3 is 44.9 Å². The van der Waals surface area contributed by atoms with E-state index < -0.39 is 42.6 Å². The molecule has 0 aliphatic carbocycles. The molecule has 19 heteroatoms. The number of ether oxygens (including phenoxy) is 3. The van der Waals surface area contributed by atoms with Gasteiger partial charge in [-0.25, -0.2) is 0 Å². The molecule has 5 N–H and O–H groups in total. The van der Waals surface area contributed by atoms with Crippen LogP contribution in [0.5, 0.6) is 0 Å². The number of carbonyl (C=O) groups excluding carboxylic acids is 5. The van der Waals surface area contributed by atoms with Crippen molar-refractivity contribution in [3.8, 4) is 0 Å². The number of hydrogen-bond donors (Lipinski definition) is 5. The third-order valence-electron chi connectivity index (χ3n) is 6.38. The van der Waals surface area contributed by atoms with Gasteiger partial charge in [-0.15, -0.1) is 0 Å². The Morgan fingerprint density at radius 3 is 1.98 bits per heavy atom. The van der Waals surface area contributed by atoms with E-state index in [-0.39, 0.29) is 37.8 Å². The number of rotatable bonds is 22. The van der Waals surface area contributed by atoms with Gasteiger partial charge in [0, 0.05) is 52.2 Å². The lowest BCUT2D eigenvalue weighted by Crippen LogP contribution is -2.58. The van der Waals surface area contributed by atoms with Crippen LogP contribution in [0.3, 0.4) is 0 Å². The van der Waals surface area contributed by atoms with Crippen LogP contribution < -0.4 is 5.32 Å². The van der Waals surface area contributed by atoms with E-state index >= 15 is 0 Å². The van der Waals surface area contributed by atoms with Gasteiger partial charge in [-0.2, -0.15) is 30.9 Å². The highest BCUT2D eigenvalue weighted by molar-refractivity contribution is 7.99. The van der Waals surface area contributed by atoms with Crippen LogP contribution in [0.15, 0.2) is 0 Å². The number of amides is 1. The van der Waals surface area contributed by atoms with Gasteiger partial charge in [0.1, 0.15) is 18.3 Å². The van der Waals surface area contributed by atoms with Gasteiger partial charge in [-0.05, 0) is 32.7 Å². The fourth-order valence-corrected chi connectivity index (χ4v) is 4.87. The molecule has 1 rings (SSSR count). The zero-order valence-electron chi connectivity index (χ0n) is 26.7. The van der Waals surface area contributed by atoms with E-state index in [1.165, 1.54) is 7.11 Å². The number of carboxylic acid groups (broad SMARTS) is 2. The minimum Gasteiger partial charge on any atom is -0.480 e. The third kappa shape index (κ3) is 22.7. The van der Waals surface area contributed by atoms with Crippen LogP contribution in [-0.2, 0) is 47.8 Å². The summed E-state index contributed by atoms with van der Waals surface area (Å²) in [6.45, 7) is 4.39. The largest absolute Gasteiger partial charge is 0.480 e. The van der Waals surface area contributed by atoms with E-state index in [0.717, 1.165) is 5.75 Å². The molecule has 1 aliphatic heterocycles. The molecule has 5 atom stereocenters. The number of nitrogens with zero attached hydrogens (tertiary/aromatic N) is 3. The Morgan fingerprint density at radius 1 is 0.870 bits per heavy atom. The smallest absolute Gasteiger partial charge is 0.373 e. The van der Waals surface area contributed by atoms with Crippen LogP contribution in [0.25, 0.3) is 0 Å². The summed E-state index contributed by atoms with van der Waals surface area (Å²) in [5, 5.41) is 41.4. The number of aliphatic hydroxyl groups excluding tert-OH is 2. The van der Waals surface area contributed by atoms with Gasteiger partial charge in [0.05, 0.1) is 25.7 Å². The van der Waals surface area contributed by atoms with Crippen LogP contribution >= 0.6 is 11.8 Å². The number of carbonyl (C=O) groups is 3. The van der Waals surface area contributed by atoms with Gasteiger partial charge in [0.25, 0.3) is 0 Å². The molecule has 1 fully saturated rings. The normalized spacial score (nSPS) is 20.5. The summed E-state index contributed by atoms with van der Waals surface area (Å²) in [6, 6.07) is 0. The van der Waals surface area contributed by atoms with Crippen molar-refractivity contribution in [2.24, 2.45) is 0 Å². The molecule has 0 aromatic rings. The predicted octanol–water partition coefficient (Wildman–Crippen LogP) is -2.72. The lowest BCUT2D eigenvalue weighted by Gasteiger charge is -2.41. The first kappa shape index (κ1) is 45.3. The molecular formula is C27H48N4O14S. The second-order valence-electron chi connectivity index (χ2n) is 10.0. The van der Waals surface area contributed by atoms with Crippen LogP contribution in [0, 0.1) is 0 Å². The van der Waals surface area contributed by atoms with E-state index in [4.69, 9.17) is 38.5 Å². The van der Waals surface area contributed by atoms with E-state index in [9.17, 15) is 29.7 Å². The summed E-state index contributed by atoms with van der Waals surface area (Å²) in [4.78, 5) is 72.1. The zero-order chi connectivity index (χ0) is 35.5. The maximum absolute atomic E-state index is 12.4. The summed E-state index contributed by atoms with van der Waals surface area (Å²) >= 11 is 1.62. The highest BCUT2D eigenvalue weighted by Gasteiger charge is 2.44. The Balaban J connectivity index is 0. The number of aliphatic hydroxyl groups is 2. The molecule has 0 saturated carbocycles. The topological polar surface area (TPSA) is 250 Å². The fraction of sp³-hybridized carbons (Fsp3) is 0.815. The lowest BCUT2D eigenvalue weighted by atomic mass is 9.97. The molecule has 0 bridgehead atoms. The van der Waals surface area contributed by atoms with Crippen LogP contribution in [0.4, 0.5) is 0 Å². The molecule has 266 valence electrons. The van der Waals surface area contributed by atoms with Gasteiger partial charge in [-0.1, -0.05) is 6.92 Å². The lowest BCUT2D eigenvalue weighted by molar-refractivity contribution is -0.299. The summed E-state index contributed by atoms with van der Waals surface area (Å²) in [7, 11) is 5.05. The van der Waals surface area contributed by atoms with Gasteiger partial charge in [0.15, 0.2) is 6.29 Å². The minimum atomic E-state index is -1.10. The van der Waals surface area contributed by atoms with Crippen molar-refractivity contribution in [2.75, 3.05) is 91.7 Å². The maximum Gasteiger partial charge on any atom is 0.373 e. The average Bonchev–Trinajstić information content (AvgIpc) is 2.98. The second-order valence-corrected chi connectivity index (χ2v) is 11.2. The van der Waals surface area contributed by atoms with Crippen molar-refractivity contribution >= 4 is 41.9 Å². The molecule has 0 spiro atoms. The number of likely N-dealkylation sites (N-methyl/N-ethyl adjacent to an activating group) is 2. The second kappa shape index (κ2) is 28.4. The number of thioether (sulfide) groups is 1. The summed E-state index contributed by atoms with van der Waals surface area (Å²) in [6.07, 6.45) is -2.44. The van der Waals surface area contributed by atoms with Crippen molar-refractivity contribution in [1.82, 2.24) is 20.0 Å². The van der Waals surface area contributed by atoms with Gasteiger partial charge >= 0.3 is 24.2 Å². The molecule has 0 aromatic carbocycles. The monoisotopic (exact) mass is 684 g/mol. The number of aliphatic carboxylic acids is 2. The Bertz CT molecular complexity index is 907. The third-order valence-corrected chi connectivity index (χ3v) is 7.45. The van der Waals surface area contributed by atoms with Crippen LogP contribution in [0.1, 0.15) is 19.8 Å². The number of carboxylic acids is 2. The summed E-state index contributed by atoms with van der Waals surface area (Å²) in [5.74, 6) is -0.733. The van der Waals surface area contributed by atoms with Gasteiger partial charge in [-0.3, -0.25) is 24.2 Å². The first-order valence-corrected chi connectivity index (χ1v) is 15.5. The molecule has 1 heterocycles. The van der Waals surface area contributed by atoms with Crippen LogP contribution in [-0.4, -0.2) is 188 Å². The molecule has 2 unspecified atom stereocenters.